The first-order chi connectivity index (χ1) is 9.38. The quantitative estimate of drug-likeness (QED) is 0.843. The summed E-state index contributed by atoms with van der Waals surface area (Å²) >= 11 is 0. The minimum Gasteiger partial charge on any atom is -0.491 e. The highest BCUT2D eigenvalue weighted by Gasteiger charge is 2.23. The summed E-state index contributed by atoms with van der Waals surface area (Å²) in [5.41, 5.74) is 6.55. The van der Waals surface area contributed by atoms with Crippen LogP contribution in [0.5, 0.6) is 11.5 Å². The van der Waals surface area contributed by atoms with Gasteiger partial charge in [0.2, 0.25) is 6.41 Å². The van der Waals surface area contributed by atoms with Gasteiger partial charge in [0.25, 0.3) is 0 Å². The summed E-state index contributed by atoms with van der Waals surface area (Å²) in [5.74, 6) is 1.82. The van der Waals surface area contributed by atoms with Crippen molar-refractivity contribution in [2.24, 2.45) is 5.73 Å². The summed E-state index contributed by atoms with van der Waals surface area (Å²) in [6.07, 6.45) is 0.660. The molecule has 5 nitrogen and oxygen atoms in total. The van der Waals surface area contributed by atoms with E-state index in [1.807, 2.05) is 19.9 Å². The second kappa shape index (κ2) is 7.03. The van der Waals surface area contributed by atoms with Crippen molar-refractivity contribution in [3.63, 3.8) is 0 Å². The summed E-state index contributed by atoms with van der Waals surface area (Å²) in [4.78, 5) is 10.8. The molecule has 5 heteroatoms. The van der Waals surface area contributed by atoms with Crippen LogP contribution in [0.4, 0.5) is 5.69 Å². The van der Waals surface area contributed by atoms with Crippen LogP contribution in [0.3, 0.4) is 0 Å². The monoisotopic (exact) mass is 280 g/mol. The zero-order valence-electron chi connectivity index (χ0n) is 12.8. The molecule has 1 aromatic rings. The second-order valence-electron chi connectivity index (χ2n) is 5.20. The average molecular weight is 280 g/mol. The van der Waals surface area contributed by atoms with E-state index in [1.54, 1.807) is 0 Å². The van der Waals surface area contributed by atoms with Gasteiger partial charge in [0.15, 0.2) is 0 Å². The molecule has 0 bridgehead atoms. The van der Waals surface area contributed by atoms with Gasteiger partial charge in [0, 0.05) is 13.1 Å². The van der Waals surface area contributed by atoms with Gasteiger partial charge in [-0.25, -0.2) is 0 Å². The summed E-state index contributed by atoms with van der Waals surface area (Å²) in [7, 11) is 2.10. The molecule has 0 fully saturated rings. The lowest BCUT2D eigenvalue weighted by Crippen LogP contribution is -2.36. The van der Waals surface area contributed by atoms with Crippen molar-refractivity contribution in [2.45, 2.75) is 39.9 Å². The molecule has 1 aliphatic heterocycles. The number of amides is 1. The maximum absolute atomic E-state index is 8.58. The lowest BCUT2D eigenvalue weighted by molar-refractivity contribution is -0.106. The Bertz CT molecular complexity index is 461. The minimum atomic E-state index is 0.186. The molecule has 112 valence electrons. The predicted molar refractivity (Wildman–Crippen MR) is 80.6 cm³/mol. The van der Waals surface area contributed by atoms with Crippen LogP contribution >= 0.6 is 0 Å². The van der Waals surface area contributed by atoms with Crippen LogP contribution in [-0.4, -0.2) is 32.2 Å². The molecule has 0 saturated heterocycles. The van der Waals surface area contributed by atoms with Crippen molar-refractivity contribution in [3.05, 3.63) is 17.7 Å². The maximum atomic E-state index is 8.58. The van der Waals surface area contributed by atoms with Crippen LogP contribution in [0, 0.1) is 6.92 Å². The van der Waals surface area contributed by atoms with E-state index >= 15 is 0 Å². The number of primary amides is 1. The number of fused-ring (bicyclic) bond motifs is 1. The lowest BCUT2D eigenvalue weighted by atomic mass is 10.1. The number of carbonyl (C=O) groups is 1. The van der Waals surface area contributed by atoms with Gasteiger partial charge < -0.3 is 20.1 Å². The molecule has 1 aromatic carbocycles. The van der Waals surface area contributed by atoms with Gasteiger partial charge in [-0.15, -0.1) is 0 Å². The number of anilines is 1. The average Bonchev–Trinajstić information content (AvgIpc) is 2.26. The first-order valence-electron chi connectivity index (χ1n) is 6.73. The molecular formula is C15H24N2O3. The summed E-state index contributed by atoms with van der Waals surface area (Å²) in [6, 6.07) is 4.07. The molecule has 1 amide bonds. The standard InChI is InChI=1S/C14H21NO2.CH3NO/c1-9(2)16-12-6-10(3)14-13(7-12)17-11(4)8-15(14)5;2-1-3/h6-7,9,11H,8H2,1-5H3;1H,(H2,2,3)/t11-;/m1./s1. The van der Waals surface area contributed by atoms with Crippen molar-refractivity contribution < 1.29 is 14.3 Å². The number of ether oxygens (including phenoxy) is 2. The summed E-state index contributed by atoms with van der Waals surface area (Å²) < 4.78 is 11.6. The molecule has 2 rings (SSSR count). The van der Waals surface area contributed by atoms with Crippen LogP contribution in [0.2, 0.25) is 0 Å². The number of benzene rings is 1. The van der Waals surface area contributed by atoms with Gasteiger partial charge in [-0.2, -0.15) is 0 Å². The predicted octanol–water partition coefficient (Wildman–Crippen LogP) is 2.10. The number of nitrogens with zero attached hydrogens (tertiary/aromatic N) is 1. The second-order valence-corrected chi connectivity index (χ2v) is 5.20. The number of carbonyl (C=O) groups excluding carboxylic acids is 1. The van der Waals surface area contributed by atoms with Crippen LogP contribution in [0.1, 0.15) is 26.3 Å². The van der Waals surface area contributed by atoms with E-state index in [9.17, 15) is 0 Å². The van der Waals surface area contributed by atoms with Crippen molar-refractivity contribution >= 4 is 12.1 Å². The molecule has 2 N–H and O–H groups in total. The first kappa shape index (κ1) is 16.1. The molecular weight excluding hydrogens is 256 g/mol. The van der Waals surface area contributed by atoms with Crippen molar-refractivity contribution in [3.8, 4) is 11.5 Å². The third-order valence-corrected chi connectivity index (χ3v) is 2.85. The van der Waals surface area contributed by atoms with Crippen molar-refractivity contribution in [2.75, 3.05) is 18.5 Å². The van der Waals surface area contributed by atoms with E-state index in [1.165, 1.54) is 11.3 Å². The first-order valence-corrected chi connectivity index (χ1v) is 6.73. The number of rotatable bonds is 2. The van der Waals surface area contributed by atoms with E-state index in [2.05, 4.69) is 37.6 Å². The molecule has 1 aliphatic rings. The maximum Gasteiger partial charge on any atom is 0.204 e. The Hall–Kier alpha value is -1.91. The molecule has 1 heterocycles. The molecule has 0 aliphatic carbocycles. The van der Waals surface area contributed by atoms with Crippen LogP contribution in [0.15, 0.2) is 12.1 Å². The van der Waals surface area contributed by atoms with Gasteiger partial charge in [-0.3, -0.25) is 4.79 Å². The number of likely N-dealkylation sites (N-methyl/N-ethyl adjacent to an activating group) is 1. The topological polar surface area (TPSA) is 64.8 Å². The van der Waals surface area contributed by atoms with E-state index in [0.29, 0.717) is 0 Å². The van der Waals surface area contributed by atoms with Crippen LogP contribution in [-0.2, 0) is 4.79 Å². The number of hydrogen-bond donors (Lipinski definition) is 1. The Morgan fingerprint density at radius 1 is 1.50 bits per heavy atom. The lowest BCUT2D eigenvalue weighted by Gasteiger charge is -2.33. The van der Waals surface area contributed by atoms with E-state index in [0.717, 1.165) is 18.0 Å². The normalized spacial score (nSPS) is 16.7. The largest absolute Gasteiger partial charge is 0.491 e. The van der Waals surface area contributed by atoms with Gasteiger partial charge in [0.1, 0.15) is 17.6 Å². The van der Waals surface area contributed by atoms with Crippen LogP contribution in [0.25, 0.3) is 0 Å². The zero-order valence-corrected chi connectivity index (χ0v) is 12.8. The fourth-order valence-corrected chi connectivity index (χ4v) is 2.37. The minimum absolute atomic E-state index is 0.186. The van der Waals surface area contributed by atoms with Gasteiger partial charge >= 0.3 is 0 Å². The SMILES string of the molecule is Cc1cc(OC(C)C)cc2c1N(C)C[C@@H](C)O2.NC=O. The van der Waals surface area contributed by atoms with E-state index in [4.69, 9.17) is 14.3 Å². The Labute approximate surface area is 120 Å². The molecule has 0 aromatic heterocycles. The highest BCUT2D eigenvalue weighted by molar-refractivity contribution is 5.67. The zero-order chi connectivity index (χ0) is 15.3. The summed E-state index contributed by atoms with van der Waals surface area (Å²) in [5, 5.41) is 0. The molecule has 0 spiro atoms. The Morgan fingerprint density at radius 2 is 2.10 bits per heavy atom. The number of hydrogen-bond acceptors (Lipinski definition) is 4. The van der Waals surface area contributed by atoms with Gasteiger partial charge in [-0.1, -0.05) is 0 Å². The third kappa shape index (κ3) is 4.05. The van der Waals surface area contributed by atoms with Crippen molar-refractivity contribution in [1.82, 2.24) is 0 Å². The van der Waals surface area contributed by atoms with Crippen molar-refractivity contribution in [1.29, 1.82) is 0 Å². The van der Waals surface area contributed by atoms with Gasteiger partial charge in [0.05, 0.1) is 18.3 Å². The Balaban J connectivity index is 0.000000612. The van der Waals surface area contributed by atoms with Crippen LogP contribution < -0.4 is 20.1 Å². The number of nitrogens with two attached hydrogens (primary N) is 1. The highest BCUT2D eigenvalue weighted by Crippen LogP contribution is 2.39. The molecule has 1 atom stereocenters. The van der Waals surface area contributed by atoms with Gasteiger partial charge in [-0.05, 0) is 39.3 Å². The molecule has 0 unspecified atom stereocenters. The molecule has 0 radical (unpaired) electrons. The fourth-order valence-electron chi connectivity index (χ4n) is 2.37. The fraction of sp³-hybridized carbons (Fsp3) is 0.533. The Morgan fingerprint density at radius 3 is 2.65 bits per heavy atom. The summed E-state index contributed by atoms with van der Waals surface area (Å²) in [6.45, 7) is 9.18. The van der Waals surface area contributed by atoms with E-state index < -0.39 is 0 Å². The van der Waals surface area contributed by atoms with E-state index in [-0.39, 0.29) is 18.6 Å². The third-order valence-electron chi connectivity index (χ3n) is 2.85. The Kier molecular flexibility index (Phi) is 5.67. The smallest absolute Gasteiger partial charge is 0.204 e. The number of aryl methyl sites for hydroxylation is 1. The highest BCUT2D eigenvalue weighted by atomic mass is 16.5. The molecule has 0 saturated carbocycles. The molecule has 20 heavy (non-hydrogen) atoms.